The Morgan fingerprint density at radius 2 is 2.04 bits per heavy atom. The summed E-state index contributed by atoms with van der Waals surface area (Å²) in [5, 5.41) is 12.3. The van der Waals surface area contributed by atoms with Crippen molar-refractivity contribution in [2.45, 2.75) is 46.3 Å². The van der Waals surface area contributed by atoms with Crippen LogP contribution in [0, 0.1) is 17.5 Å². The molecule has 3 rings (SSSR count). The molecule has 1 aliphatic heterocycles. The lowest BCUT2D eigenvalue weighted by molar-refractivity contribution is -0.117. The molecule has 0 saturated carbocycles. The van der Waals surface area contributed by atoms with E-state index in [2.05, 4.69) is 62.1 Å². The fourth-order valence-electron chi connectivity index (χ4n) is 3.39. The van der Waals surface area contributed by atoms with Gasteiger partial charge in [0, 0.05) is 36.6 Å². The maximum Gasteiger partial charge on any atom is 0.226 e. The van der Waals surface area contributed by atoms with E-state index in [0.29, 0.717) is 0 Å². The van der Waals surface area contributed by atoms with Gasteiger partial charge < -0.3 is 15.3 Å². The van der Waals surface area contributed by atoms with Crippen LogP contribution >= 0.6 is 22.6 Å². The topological polar surface area (TPSA) is 65.5 Å². The summed E-state index contributed by atoms with van der Waals surface area (Å²) in [5.41, 5.74) is 6.55. The van der Waals surface area contributed by atoms with Crippen molar-refractivity contribution in [3.63, 3.8) is 0 Å². The largest absolute Gasteiger partial charge is 0.393 e. The van der Waals surface area contributed by atoms with Crippen LogP contribution in [-0.4, -0.2) is 28.6 Å². The molecule has 0 fully saturated rings. The minimum absolute atomic E-state index is 0.106. The predicted octanol–water partition coefficient (Wildman–Crippen LogP) is 3.58. The van der Waals surface area contributed by atoms with Gasteiger partial charge in [0.05, 0.1) is 12.5 Å². The summed E-state index contributed by atoms with van der Waals surface area (Å²) >= 11 is 2.26. The first kappa shape index (κ1) is 19.1. The number of hydrogen-bond acceptors (Lipinski definition) is 4. The maximum atomic E-state index is 12.0. The number of aliphatic hydroxyl groups is 1. The summed E-state index contributed by atoms with van der Waals surface area (Å²) in [4.78, 5) is 19.0. The number of aliphatic hydroxyl groups excluding tert-OH is 1. The summed E-state index contributed by atoms with van der Waals surface area (Å²) < 4.78 is 1.04. The lowest BCUT2D eigenvalue weighted by Crippen LogP contribution is -2.31. The third-order valence-corrected chi connectivity index (χ3v) is 5.24. The van der Waals surface area contributed by atoms with E-state index in [1.165, 1.54) is 11.3 Å². The Morgan fingerprint density at radius 1 is 1.35 bits per heavy atom. The van der Waals surface area contributed by atoms with E-state index in [1.807, 2.05) is 13.8 Å². The van der Waals surface area contributed by atoms with Gasteiger partial charge in [-0.1, -0.05) is 6.07 Å². The SMILES string of the molecule is Cc1cc(N2CCc3nc(I)ccc3C2)cc(C)c1NC(=O)CC(C)O. The number of halogens is 1. The minimum Gasteiger partial charge on any atom is -0.393 e. The highest BCUT2D eigenvalue weighted by atomic mass is 127. The van der Waals surface area contributed by atoms with Gasteiger partial charge in [0.2, 0.25) is 5.91 Å². The normalized spacial score (nSPS) is 14.7. The highest BCUT2D eigenvalue weighted by Gasteiger charge is 2.19. The fraction of sp³-hybridized carbons (Fsp3) is 0.400. The zero-order valence-electron chi connectivity index (χ0n) is 15.3. The summed E-state index contributed by atoms with van der Waals surface area (Å²) in [6.07, 6.45) is 0.409. The number of aromatic nitrogens is 1. The van der Waals surface area contributed by atoms with Crippen LogP contribution in [0.15, 0.2) is 24.3 Å². The third kappa shape index (κ3) is 4.35. The van der Waals surface area contributed by atoms with Gasteiger partial charge in [0.15, 0.2) is 0 Å². The third-order valence-electron chi connectivity index (χ3n) is 4.64. The molecule has 1 atom stereocenters. The Morgan fingerprint density at radius 3 is 2.69 bits per heavy atom. The summed E-state index contributed by atoms with van der Waals surface area (Å²) in [6.45, 7) is 7.43. The Balaban J connectivity index is 1.80. The molecule has 2 aromatic rings. The van der Waals surface area contributed by atoms with E-state index >= 15 is 0 Å². The van der Waals surface area contributed by atoms with Gasteiger partial charge in [0.1, 0.15) is 3.70 Å². The zero-order valence-corrected chi connectivity index (χ0v) is 17.5. The number of pyridine rings is 1. The summed E-state index contributed by atoms with van der Waals surface area (Å²) in [5.74, 6) is -0.161. The van der Waals surface area contributed by atoms with Crippen LogP contribution in [-0.2, 0) is 17.8 Å². The minimum atomic E-state index is -0.639. The molecule has 5 nitrogen and oxygen atoms in total. The molecule has 1 amide bonds. The van der Waals surface area contributed by atoms with E-state index in [4.69, 9.17) is 0 Å². The molecule has 0 aliphatic carbocycles. The summed E-state index contributed by atoms with van der Waals surface area (Å²) in [6, 6.07) is 8.47. The molecular formula is C20H24IN3O2. The smallest absolute Gasteiger partial charge is 0.226 e. The molecule has 26 heavy (non-hydrogen) atoms. The van der Waals surface area contributed by atoms with Crippen LogP contribution in [0.5, 0.6) is 0 Å². The lowest BCUT2D eigenvalue weighted by atomic mass is 10.0. The number of anilines is 2. The first-order valence-corrected chi connectivity index (χ1v) is 9.89. The fourth-order valence-corrected chi connectivity index (χ4v) is 3.86. The van der Waals surface area contributed by atoms with Gasteiger partial charge in [-0.25, -0.2) is 4.98 Å². The first-order valence-electron chi connectivity index (χ1n) is 8.82. The van der Waals surface area contributed by atoms with Gasteiger partial charge in [-0.2, -0.15) is 0 Å². The Kier molecular flexibility index (Phi) is 5.82. The molecule has 1 aromatic heterocycles. The van der Waals surface area contributed by atoms with E-state index < -0.39 is 6.10 Å². The molecule has 0 radical (unpaired) electrons. The Labute approximate surface area is 168 Å². The highest BCUT2D eigenvalue weighted by molar-refractivity contribution is 14.1. The zero-order chi connectivity index (χ0) is 18.8. The summed E-state index contributed by atoms with van der Waals surface area (Å²) in [7, 11) is 0. The van der Waals surface area contributed by atoms with Gasteiger partial charge in [-0.15, -0.1) is 0 Å². The molecule has 6 heteroatoms. The lowest BCUT2D eigenvalue weighted by Gasteiger charge is -2.31. The van der Waals surface area contributed by atoms with Gasteiger partial charge in [-0.05, 0) is 78.3 Å². The van der Waals surface area contributed by atoms with E-state index in [9.17, 15) is 9.90 Å². The van der Waals surface area contributed by atoms with Crippen LogP contribution in [0.25, 0.3) is 0 Å². The standard InChI is InChI=1S/C20H24IN3O2/c1-12-8-16(9-13(2)20(12)23-19(26)10-14(3)25)24-7-6-17-15(11-24)4-5-18(21)22-17/h4-5,8-9,14,25H,6-7,10-11H2,1-3H3,(H,23,26). The van der Waals surface area contributed by atoms with Crippen molar-refractivity contribution in [2.24, 2.45) is 0 Å². The number of amides is 1. The number of carbonyl (C=O) groups excluding carboxylic acids is 1. The highest BCUT2D eigenvalue weighted by Crippen LogP contribution is 2.30. The number of carbonyl (C=O) groups is 1. The number of fused-ring (bicyclic) bond motifs is 1. The molecule has 1 unspecified atom stereocenters. The van der Waals surface area contributed by atoms with Crippen LogP contribution in [0.3, 0.4) is 0 Å². The molecule has 2 N–H and O–H groups in total. The average molecular weight is 465 g/mol. The number of hydrogen-bond donors (Lipinski definition) is 2. The molecule has 0 bridgehead atoms. The first-order chi connectivity index (χ1) is 12.3. The van der Waals surface area contributed by atoms with E-state index in [-0.39, 0.29) is 12.3 Å². The second-order valence-electron chi connectivity index (χ2n) is 6.97. The van der Waals surface area contributed by atoms with Crippen molar-refractivity contribution in [3.8, 4) is 0 Å². The van der Waals surface area contributed by atoms with E-state index in [0.717, 1.165) is 45.7 Å². The van der Waals surface area contributed by atoms with Crippen molar-refractivity contribution in [3.05, 3.63) is 50.4 Å². The Hall–Kier alpha value is -1.67. The van der Waals surface area contributed by atoms with Crippen molar-refractivity contribution >= 4 is 39.9 Å². The molecule has 1 aromatic carbocycles. The van der Waals surface area contributed by atoms with Crippen molar-refractivity contribution < 1.29 is 9.90 Å². The molecule has 2 heterocycles. The quantitative estimate of drug-likeness (QED) is 0.536. The number of nitrogens with one attached hydrogen (secondary N) is 1. The van der Waals surface area contributed by atoms with Crippen LogP contribution in [0.4, 0.5) is 11.4 Å². The molecule has 138 valence electrons. The number of rotatable bonds is 4. The van der Waals surface area contributed by atoms with Gasteiger partial charge in [-0.3, -0.25) is 4.79 Å². The average Bonchev–Trinajstić information content (AvgIpc) is 2.56. The van der Waals surface area contributed by atoms with Crippen LogP contribution in [0.1, 0.15) is 35.7 Å². The Bertz CT molecular complexity index is 813. The molecule has 0 spiro atoms. The van der Waals surface area contributed by atoms with Gasteiger partial charge >= 0.3 is 0 Å². The van der Waals surface area contributed by atoms with E-state index in [1.54, 1.807) is 6.92 Å². The predicted molar refractivity (Wildman–Crippen MR) is 113 cm³/mol. The second kappa shape index (κ2) is 7.92. The molecule has 1 aliphatic rings. The molecular weight excluding hydrogens is 441 g/mol. The van der Waals surface area contributed by atoms with Crippen LogP contribution < -0.4 is 10.2 Å². The number of benzene rings is 1. The maximum absolute atomic E-state index is 12.0. The van der Waals surface area contributed by atoms with Crippen molar-refractivity contribution in [1.29, 1.82) is 0 Å². The van der Waals surface area contributed by atoms with Crippen LogP contribution in [0.2, 0.25) is 0 Å². The number of aryl methyl sites for hydroxylation is 2. The number of nitrogens with zero attached hydrogens (tertiary/aromatic N) is 2. The monoisotopic (exact) mass is 465 g/mol. The second-order valence-corrected chi connectivity index (χ2v) is 8.07. The van der Waals surface area contributed by atoms with Crippen molar-refractivity contribution in [1.82, 2.24) is 4.98 Å². The van der Waals surface area contributed by atoms with Crippen molar-refractivity contribution in [2.75, 3.05) is 16.8 Å². The van der Waals surface area contributed by atoms with Gasteiger partial charge in [0.25, 0.3) is 0 Å². The molecule has 0 saturated heterocycles.